The highest BCUT2D eigenvalue weighted by molar-refractivity contribution is 7.88. The summed E-state index contributed by atoms with van der Waals surface area (Å²) in [5.41, 5.74) is -0.0185. The first kappa shape index (κ1) is 21.3. The van der Waals surface area contributed by atoms with Gasteiger partial charge in [-0.15, -0.1) is 0 Å². The van der Waals surface area contributed by atoms with Gasteiger partial charge in [-0.25, -0.2) is 13.2 Å². The van der Waals surface area contributed by atoms with Crippen LogP contribution in [0.3, 0.4) is 0 Å². The standard InChI is InChI=1S/C17H24Cl2N2O4S/c1-12-10-20(7-8-21(12)16(22)25-17(2,3)4)26(23,24)11-13-5-6-14(18)15(19)9-13/h5-6,9,12H,7-8,10-11H2,1-4H3/t12-/m1/s1. The zero-order valence-electron chi connectivity index (χ0n) is 15.3. The molecule has 1 aromatic rings. The van der Waals surface area contributed by atoms with E-state index >= 15 is 0 Å². The zero-order chi connectivity index (χ0) is 19.7. The molecule has 0 aliphatic carbocycles. The van der Waals surface area contributed by atoms with Crippen LogP contribution < -0.4 is 0 Å². The maximum atomic E-state index is 12.7. The van der Waals surface area contributed by atoms with Crippen LogP contribution in [0, 0.1) is 0 Å². The molecule has 1 amide bonds. The van der Waals surface area contributed by atoms with Crippen molar-refractivity contribution in [2.45, 2.75) is 45.1 Å². The lowest BCUT2D eigenvalue weighted by molar-refractivity contribution is 0.00857. The van der Waals surface area contributed by atoms with Crippen LogP contribution in [0.5, 0.6) is 0 Å². The first-order valence-electron chi connectivity index (χ1n) is 8.30. The minimum absolute atomic E-state index is 0.164. The fourth-order valence-corrected chi connectivity index (χ4v) is 4.61. The maximum absolute atomic E-state index is 12.7. The van der Waals surface area contributed by atoms with Gasteiger partial charge in [-0.1, -0.05) is 29.3 Å². The monoisotopic (exact) mass is 422 g/mol. The van der Waals surface area contributed by atoms with E-state index in [0.717, 1.165) is 0 Å². The number of carbonyl (C=O) groups excluding carboxylic acids is 1. The molecule has 1 saturated heterocycles. The summed E-state index contributed by atoms with van der Waals surface area (Å²) in [4.78, 5) is 13.8. The summed E-state index contributed by atoms with van der Waals surface area (Å²) in [6.45, 7) is 7.95. The molecule has 0 bridgehead atoms. The van der Waals surface area contributed by atoms with E-state index in [4.69, 9.17) is 27.9 Å². The number of sulfonamides is 1. The van der Waals surface area contributed by atoms with Gasteiger partial charge < -0.3 is 9.64 Å². The van der Waals surface area contributed by atoms with E-state index in [1.165, 1.54) is 4.31 Å². The van der Waals surface area contributed by atoms with E-state index in [-0.39, 0.29) is 31.4 Å². The van der Waals surface area contributed by atoms with Gasteiger partial charge in [-0.05, 0) is 45.4 Å². The van der Waals surface area contributed by atoms with Crippen LogP contribution in [0.15, 0.2) is 18.2 Å². The summed E-state index contributed by atoms with van der Waals surface area (Å²) in [6.07, 6.45) is -0.425. The van der Waals surface area contributed by atoms with Crippen molar-refractivity contribution < 1.29 is 17.9 Å². The Morgan fingerprint density at radius 2 is 1.88 bits per heavy atom. The van der Waals surface area contributed by atoms with Gasteiger partial charge in [-0.2, -0.15) is 4.31 Å². The van der Waals surface area contributed by atoms with E-state index in [1.54, 1.807) is 43.9 Å². The summed E-state index contributed by atoms with van der Waals surface area (Å²) in [5.74, 6) is -0.164. The predicted octanol–water partition coefficient (Wildman–Crippen LogP) is 3.76. The van der Waals surface area contributed by atoms with Crippen molar-refractivity contribution >= 4 is 39.3 Å². The van der Waals surface area contributed by atoms with Gasteiger partial charge in [-0.3, -0.25) is 0 Å². The van der Waals surface area contributed by atoms with E-state index < -0.39 is 21.7 Å². The van der Waals surface area contributed by atoms with Gasteiger partial charge in [0.25, 0.3) is 0 Å². The largest absolute Gasteiger partial charge is 0.444 e. The van der Waals surface area contributed by atoms with Crippen molar-refractivity contribution in [1.29, 1.82) is 0 Å². The maximum Gasteiger partial charge on any atom is 0.410 e. The number of halogens is 2. The zero-order valence-corrected chi connectivity index (χ0v) is 17.7. The Hall–Kier alpha value is -1.02. The second kappa shape index (κ2) is 7.92. The molecule has 1 aliphatic heterocycles. The van der Waals surface area contributed by atoms with Crippen LogP contribution >= 0.6 is 23.2 Å². The summed E-state index contributed by atoms with van der Waals surface area (Å²) in [7, 11) is -3.53. The van der Waals surface area contributed by atoms with E-state index in [0.29, 0.717) is 15.6 Å². The molecule has 0 unspecified atom stereocenters. The first-order valence-corrected chi connectivity index (χ1v) is 10.7. The number of piperazine rings is 1. The van der Waals surface area contributed by atoms with Gasteiger partial charge in [0.2, 0.25) is 10.0 Å². The SMILES string of the molecule is C[C@@H]1CN(S(=O)(=O)Cc2ccc(Cl)c(Cl)c2)CCN1C(=O)OC(C)(C)C. The van der Waals surface area contributed by atoms with E-state index in [2.05, 4.69) is 0 Å². The normalized spacial score (nSPS) is 19.5. The minimum atomic E-state index is -3.53. The second-order valence-electron chi connectivity index (χ2n) is 7.39. The van der Waals surface area contributed by atoms with Crippen molar-refractivity contribution in [2.24, 2.45) is 0 Å². The Morgan fingerprint density at radius 1 is 1.23 bits per heavy atom. The highest BCUT2D eigenvalue weighted by atomic mass is 35.5. The number of carbonyl (C=O) groups is 1. The third-order valence-corrected chi connectivity index (χ3v) is 6.50. The Labute approximate surface area is 165 Å². The molecule has 1 heterocycles. The van der Waals surface area contributed by atoms with E-state index in [9.17, 15) is 13.2 Å². The Kier molecular flexibility index (Phi) is 6.48. The van der Waals surface area contributed by atoms with Crippen molar-refractivity contribution in [2.75, 3.05) is 19.6 Å². The van der Waals surface area contributed by atoms with E-state index in [1.807, 2.05) is 6.92 Å². The molecule has 6 nitrogen and oxygen atoms in total. The number of hydrogen-bond donors (Lipinski definition) is 0. The molecule has 1 atom stereocenters. The summed E-state index contributed by atoms with van der Waals surface area (Å²) >= 11 is 11.8. The number of benzene rings is 1. The van der Waals surface area contributed by atoms with Crippen molar-refractivity contribution in [3.05, 3.63) is 33.8 Å². The smallest absolute Gasteiger partial charge is 0.410 e. The van der Waals surface area contributed by atoms with Crippen LogP contribution in [0.25, 0.3) is 0 Å². The summed E-state index contributed by atoms with van der Waals surface area (Å²) in [5, 5.41) is 0.704. The third kappa shape index (κ3) is 5.49. The molecular formula is C17H24Cl2N2O4S. The van der Waals surface area contributed by atoms with Gasteiger partial charge in [0, 0.05) is 25.7 Å². The molecule has 2 rings (SSSR count). The fraction of sp³-hybridized carbons (Fsp3) is 0.588. The van der Waals surface area contributed by atoms with Crippen LogP contribution in [0.1, 0.15) is 33.3 Å². The molecule has 1 aromatic carbocycles. The van der Waals surface area contributed by atoms with Gasteiger partial charge in [0.15, 0.2) is 0 Å². The summed E-state index contributed by atoms with van der Waals surface area (Å²) < 4.78 is 32.2. The average molecular weight is 423 g/mol. The lowest BCUT2D eigenvalue weighted by Crippen LogP contribution is -2.56. The topological polar surface area (TPSA) is 66.9 Å². The minimum Gasteiger partial charge on any atom is -0.444 e. The Morgan fingerprint density at radius 3 is 2.42 bits per heavy atom. The fourth-order valence-electron chi connectivity index (χ4n) is 2.70. The number of rotatable bonds is 3. The molecule has 0 N–H and O–H groups in total. The molecule has 0 aromatic heterocycles. The molecule has 9 heteroatoms. The first-order chi connectivity index (χ1) is 11.9. The molecule has 1 aliphatic rings. The van der Waals surface area contributed by atoms with Crippen molar-refractivity contribution in [3.63, 3.8) is 0 Å². The number of ether oxygens (including phenoxy) is 1. The Bertz CT molecular complexity index is 777. The third-order valence-electron chi connectivity index (χ3n) is 3.94. The van der Waals surface area contributed by atoms with Crippen LogP contribution in [0.2, 0.25) is 10.0 Å². The molecular weight excluding hydrogens is 399 g/mol. The van der Waals surface area contributed by atoms with Crippen molar-refractivity contribution in [3.8, 4) is 0 Å². The molecule has 0 saturated carbocycles. The quantitative estimate of drug-likeness (QED) is 0.743. The summed E-state index contributed by atoms with van der Waals surface area (Å²) in [6, 6.07) is 4.51. The molecule has 1 fully saturated rings. The van der Waals surface area contributed by atoms with Crippen LogP contribution in [-0.4, -0.2) is 55.0 Å². The molecule has 26 heavy (non-hydrogen) atoms. The van der Waals surface area contributed by atoms with Crippen LogP contribution in [-0.2, 0) is 20.5 Å². The predicted molar refractivity (Wildman–Crippen MR) is 103 cm³/mol. The van der Waals surface area contributed by atoms with Gasteiger partial charge in [0.1, 0.15) is 5.60 Å². The van der Waals surface area contributed by atoms with Gasteiger partial charge >= 0.3 is 6.09 Å². The lowest BCUT2D eigenvalue weighted by atomic mass is 10.2. The highest BCUT2D eigenvalue weighted by Crippen LogP contribution is 2.25. The number of amides is 1. The average Bonchev–Trinajstić information content (AvgIpc) is 2.48. The number of nitrogens with zero attached hydrogens (tertiary/aromatic N) is 2. The van der Waals surface area contributed by atoms with Crippen LogP contribution in [0.4, 0.5) is 4.79 Å². The Balaban J connectivity index is 2.04. The molecule has 0 radical (unpaired) electrons. The van der Waals surface area contributed by atoms with Gasteiger partial charge in [0.05, 0.1) is 15.8 Å². The number of hydrogen-bond acceptors (Lipinski definition) is 4. The second-order valence-corrected chi connectivity index (χ2v) is 10.2. The van der Waals surface area contributed by atoms with Crippen molar-refractivity contribution in [1.82, 2.24) is 9.21 Å². The molecule has 0 spiro atoms. The lowest BCUT2D eigenvalue weighted by Gasteiger charge is -2.39. The molecule has 146 valence electrons. The highest BCUT2D eigenvalue weighted by Gasteiger charge is 2.35.